The molecule has 1 saturated heterocycles. The molecule has 1 aromatic carbocycles. The molecule has 1 aliphatic heterocycles. The molecule has 1 heterocycles. The van der Waals surface area contributed by atoms with E-state index in [1.54, 1.807) is 18.2 Å². The first-order valence-corrected chi connectivity index (χ1v) is 8.48. The van der Waals surface area contributed by atoms with Crippen LogP contribution in [0.3, 0.4) is 0 Å². The van der Waals surface area contributed by atoms with Crippen molar-refractivity contribution >= 4 is 17.8 Å². The summed E-state index contributed by atoms with van der Waals surface area (Å²) in [6.07, 6.45) is 4.92. The average Bonchev–Trinajstić information content (AvgIpc) is 2.91. The normalized spacial score (nSPS) is 21.5. The van der Waals surface area contributed by atoms with E-state index in [1.807, 2.05) is 12.2 Å². The van der Waals surface area contributed by atoms with Gasteiger partial charge in [0, 0.05) is 6.54 Å². The van der Waals surface area contributed by atoms with E-state index in [9.17, 15) is 14.4 Å². The third-order valence-electron chi connectivity index (χ3n) is 4.74. The number of allylic oxidation sites excluding steroid dienone is 2. The van der Waals surface area contributed by atoms with Gasteiger partial charge in [-0.05, 0) is 25.0 Å². The van der Waals surface area contributed by atoms with Crippen molar-refractivity contribution in [3.8, 4) is 17.2 Å². The van der Waals surface area contributed by atoms with Gasteiger partial charge in [0.15, 0.2) is 11.5 Å². The van der Waals surface area contributed by atoms with E-state index in [0.717, 1.165) is 0 Å². The van der Waals surface area contributed by atoms with Crippen molar-refractivity contribution in [1.29, 1.82) is 0 Å². The lowest BCUT2D eigenvalue weighted by molar-refractivity contribution is -0.141. The van der Waals surface area contributed by atoms with Crippen LogP contribution in [0.2, 0.25) is 0 Å². The lowest BCUT2D eigenvalue weighted by atomic mass is 9.85. The van der Waals surface area contributed by atoms with Gasteiger partial charge < -0.3 is 14.2 Å². The molecule has 1 aliphatic carbocycles. The molecule has 2 amide bonds. The fraction of sp³-hybridized carbons (Fsp3) is 0.421. The quantitative estimate of drug-likeness (QED) is 0.334. The lowest BCUT2D eigenvalue weighted by Crippen LogP contribution is -2.33. The Morgan fingerprint density at radius 3 is 2.08 bits per heavy atom. The van der Waals surface area contributed by atoms with Gasteiger partial charge in [-0.2, -0.15) is 0 Å². The lowest BCUT2D eigenvalue weighted by Gasteiger charge is -2.15. The zero-order valence-corrected chi connectivity index (χ0v) is 14.8. The Labute approximate surface area is 151 Å². The molecule has 0 spiro atoms. The number of ether oxygens (including phenoxy) is 3. The number of carbonyl (C=O) groups is 3. The highest BCUT2D eigenvalue weighted by molar-refractivity contribution is 6.05. The monoisotopic (exact) mass is 359 g/mol. The second kappa shape index (κ2) is 7.59. The maximum Gasteiger partial charge on any atom is 0.313 e. The molecule has 26 heavy (non-hydrogen) atoms. The van der Waals surface area contributed by atoms with E-state index in [-0.39, 0.29) is 42.4 Å². The van der Waals surface area contributed by atoms with E-state index < -0.39 is 5.97 Å². The summed E-state index contributed by atoms with van der Waals surface area (Å²) >= 11 is 0. The number of carbonyl (C=O) groups excluding carboxylic acids is 3. The smallest absolute Gasteiger partial charge is 0.313 e. The first-order chi connectivity index (χ1) is 12.6. The second-order valence-electron chi connectivity index (χ2n) is 6.20. The molecule has 3 rings (SSSR count). The predicted octanol–water partition coefficient (Wildman–Crippen LogP) is 1.95. The summed E-state index contributed by atoms with van der Waals surface area (Å²) in [4.78, 5) is 38.2. The Morgan fingerprint density at radius 2 is 1.58 bits per heavy atom. The van der Waals surface area contributed by atoms with Crippen LogP contribution in [-0.2, 0) is 14.4 Å². The van der Waals surface area contributed by atoms with Gasteiger partial charge >= 0.3 is 5.97 Å². The van der Waals surface area contributed by atoms with E-state index >= 15 is 0 Å². The number of imide groups is 1. The largest absolute Gasteiger partial charge is 0.493 e. The molecule has 2 atom stereocenters. The molecule has 0 saturated carbocycles. The van der Waals surface area contributed by atoms with Crippen LogP contribution >= 0.6 is 0 Å². The molecule has 2 aliphatic rings. The molecule has 0 aromatic heterocycles. The molecule has 7 heteroatoms. The van der Waals surface area contributed by atoms with Crippen LogP contribution < -0.4 is 14.2 Å². The molecule has 0 radical (unpaired) electrons. The third-order valence-corrected chi connectivity index (χ3v) is 4.74. The van der Waals surface area contributed by atoms with Gasteiger partial charge in [-0.3, -0.25) is 19.3 Å². The van der Waals surface area contributed by atoms with Crippen molar-refractivity contribution in [2.45, 2.75) is 19.3 Å². The summed E-state index contributed by atoms with van der Waals surface area (Å²) in [5, 5.41) is 0. The first kappa shape index (κ1) is 18.0. The average molecular weight is 359 g/mol. The molecule has 0 N–H and O–H groups in total. The minimum Gasteiger partial charge on any atom is -0.493 e. The van der Waals surface area contributed by atoms with Crippen LogP contribution in [-0.4, -0.2) is 43.4 Å². The molecule has 0 bridgehead atoms. The zero-order chi connectivity index (χ0) is 18.7. The number of nitrogens with zero attached hydrogens (tertiary/aromatic N) is 1. The number of hydrogen-bond donors (Lipinski definition) is 0. The number of likely N-dealkylation sites (tertiary alicyclic amines) is 1. The van der Waals surface area contributed by atoms with Crippen molar-refractivity contribution in [3.05, 3.63) is 30.4 Å². The van der Waals surface area contributed by atoms with E-state index in [2.05, 4.69) is 0 Å². The number of methoxy groups -OCH3 is 2. The van der Waals surface area contributed by atoms with Crippen molar-refractivity contribution in [1.82, 2.24) is 4.90 Å². The number of amides is 2. The molecule has 1 fully saturated rings. The van der Waals surface area contributed by atoms with Gasteiger partial charge in [0.05, 0.1) is 32.5 Å². The van der Waals surface area contributed by atoms with Crippen molar-refractivity contribution in [2.75, 3.05) is 20.8 Å². The number of fused-ring (bicyclic) bond motifs is 1. The molecular weight excluding hydrogens is 338 g/mol. The van der Waals surface area contributed by atoms with Gasteiger partial charge in [-0.15, -0.1) is 0 Å². The summed E-state index contributed by atoms with van der Waals surface area (Å²) in [5.41, 5.74) is 0. The summed E-state index contributed by atoms with van der Waals surface area (Å²) in [7, 11) is 2.92. The number of benzene rings is 1. The second-order valence-corrected chi connectivity index (χ2v) is 6.20. The summed E-state index contributed by atoms with van der Waals surface area (Å²) < 4.78 is 15.7. The molecular formula is C19H21NO6. The Bertz CT molecular complexity index is 708. The number of rotatable bonds is 6. The number of para-hydroxylation sites is 1. The Balaban J connectivity index is 1.63. The number of hydrogen-bond acceptors (Lipinski definition) is 6. The zero-order valence-electron chi connectivity index (χ0n) is 14.8. The van der Waals surface area contributed by atoms with Gasteiger partial charge in [-0.1, -0.05) is 18.2 Å². The van der Waals surface area contributed by atoms with Crippen LogP contribution in [0.4, 0.5) is 0 Å². The maximum atomic E-state index is 12.4. The molecule has 0 unspecified atom stereocenters. The number of esters is 1. The molecule has 7 nitrogen and oxygen atoms in total. The maximum absolute atomic E-state index is 12.4. The summed E-state index contributed by atoms with van der Waals surface area (Å²) in [5.74, 6) is -0.651. The fourth-order valence-electron chi connectivity index (χ4n) is 3.38. The standard InChI is InChI=1S/C19H21NO6/c1-24-14-8-5-9-15(25-2)17(14)26-16(21)10-11-20-18(22)12-6-3-4-7-13(12)19(20)23/h3-5,8-9,12-13H,6-7,10-11H2,1-2H3/t12-,13-/m1/s1. The topological polar surface area (TPSA) is 82.1 Å². The SMILES string of the molecule is COc1cccc(OC)c1OC(=O)CCN1C(=O)[C@@H]2CC=CC[C@H]2C1=O. The summed E-state index contributed by atoms with van der Waals surface area (Å²) in [6.45, 7) is 0.0148. The van der Waals surface area contributed by atoms with Gasteiger partial charge in [0.2, 0.25) is 17.6 Å². The van der Waals surface area contributed by atoms with Crippen LogP contribution in [0.5, 0.6) is 17.2 Å². The highest BCUT2D eigenvalue weighted by Gasteiger charge is 2.46. The van der Waals surface area contributed by atoms with Crippen molar-refractivity contribution in [2.24, 2.45) is 11.8 Å². The van der Waals surface area contributed by atoms with Crippen LogP contribution in [0.15, 0.2) is 30.4 Å². The minimum atomic E-state index is -0.568. The highest BCUT2D eigenvalue weighted by atomic mass is 16.6. The Hall–Kier alpha value is -2.83. The van der Waals surface area contributed by atoms with Gasteiger partial charge in [-0.25, -0.2) is 0 Å². The van der Waals surface area contributed by atoms with Crippen molar-refractivity contribution < 1.29 is 28.6 Å². The highest BCUT2D eigenvalue weighted by Crippen LogP contribution is 2.37. The molecule has 138 valence electrons. The Kier molecular flexibility index (Phi) is 5.25. The predicted molar refractivity (Wildman–Crippen MR) is 91.9 cm³/mol. The third kappa shape index (κ3) is 3.29. The van der Waals surface area contributed by atoms with Crippen LogP contribution in [0.25, 0.3) is 0 Å². The van der Waals surface area contributed by atoms with E-state index in [1.165, 1.54) is 19.1 Å². The van der Waals surface area contributed by atoms with Crippen molar-refractivity contribution in [3.63, 3.8) is 0 Å². The fourth-order valence-corrected chi connectivity index (χ4v) is 3.38. The van der Waals surface area contributed by atoms with Crippen LogP contribution in [0, 0.1) is 11.8 Å². The summed E-state index contributed by atoms with van der Waals surface area (Å²) in [6, 6.07) is 5.01. The minimum absolute atomic E-state index is 0.0148. The van der Waals surface area contributed by atoms with Crippen LogP contribution in [0.1, 0.15) is 19.3 Å². The molecule has 1 aromatic rings. The van der Waals surface area contributed by atoms with Gasteiger partial charge in [0.25, 0.3) is 0 Å². The van der Waals surface area contributed by atoms with E-state index in [4.69, 9.17) is 14.2 Å². The Morgan fingerprint density at radius 1 is 1.04 bits per heavy atom. The van der Waals surface area contributed by atoms with Gasteiger partial charge in [0.1, 0.15) is 0 Å². The van der Waals surface area contributed by atoms with E-state index in [0.29, 0.717) is 24.3 Å². The first-order valence-electron chi connectivity index (χ1n) is 8.48.